The third-order valence-corrected chi connectivity index (χ3v) is 4.30. The first-order chi connectivity index (χ1) is 11.8. The highest BCUT2D eigenvalue weighted by Crippen LogP contribution is 2.25. The summed E-state index contributed by atoms with van der Waals surface area (Å²) in [5, 5.41) is 25.7. The summed E-state index contributed by atoms with van der Waals surface area (Å²) in [6.07, 6.45) is 0.704. The number of phenolic OH excluding ortho intramolecular Hbond substituents is 2. The van der Waals surface area contributed by atoms with Gasteiger partial charge in [0.2, 0.25) is 0 Å². The summed E-state index contributed by atoms with van der Waals surface area (Å²) >= 11 is 5.29. The monoisotopic (exact) mass is 358 g/mol. The van der Waals surface area contributed by atoms with Gasteiger partial charge in [-0.1, -0.05) is 51.1 Å². The minimum absolute atomic E-state index is 0.100. The van der Waals surface area contributed by atoms with Gasteiger partial charge in [-0.2, -0.15) is 0 Å². The van der Waals surface area contributed by atoms with Crippen LogP contribution in [0, 0.1) is 0 Å². The van der Waals surface area contributed by atoms with E-state index in [-0.39, 0.29) is 16.9 Å². The Hall–Kier alpha value is -2.27. The van der Waals surface area contributed by atoms with Crippen molar-refractivity contribution < 1.29 is 10.2 Å². The Morgan fingerprint density at radius 1 is 0.920 bits per heavy atom. The molecule has 2 aromatic rings. The second kappa shape index (κ2) is 8.21. The van der Waals surface area contributed by atoms with Crippen LogP contribution >= 0.6 is 12.2 Å². The van der Waals surface area contributed by atoms with Crippen molar-refractivity contribution in [2.45, 2.75) is 39.2 Å². The van der Waals surface area contributed by atoms with E-state index in [9.17, 15) is 10.2 Å². The van der Waals surface area contributed by atoms with E-state index in [0.29, 0.717) is 24.6 Å². The standard InChI is InChI=1S/C20H26N2O2S/c1-20(2,3)16-7-4-15(5-8-16)13-22-19(25)21-11-10-14-6-9-17(23)18(24)12-14/h4-9,12,23-24H,10-11,13H2,1-3H3,(H2,21,22,25). The van der Waals surface area contributed by atoms with E-state index in [4.69, 9.17) is 12.2 Å². The normalized spacial score (nSPS) is 11.2. The molecule has 0 fully saturated rings. The molecule has 0 aliphatic rings. The number of hydrogen-bond donors (Lipinski definition) is 4. The first-order valence-electron chi connectivity index (χ1n) is 8.37. The number of aromatic hydroxyl groups is 2. The highest BCUT2D eigenvalue weighted by Gasteiger charge is 2.12. The van der Waals surface area contributed by atoms with Gasteiger partial charge in [-0.25, -0.2) is 0 Å². The van der Waals surface area contributed by atoms with Crippen molar-refractivity contribution in [3.05, 3.63) is 59.2 Å². The predicted molar refractivity (Wildman–Crippen MR) is 106 cm³/mol. The summed E-state index contributed by atoms with van der Waals surface area (Å²) < 4.78 is 0. The van der Waals surface area contributed by atoms with E-state index < -0.39 is 0 Å². The Labute approximate surface area is 154 Å². The molecule has 0 bridgehead atoms. The van der Waals surface area contributed by atoms with E-state index in [2.05, 4.69) is 55.7 Å². The maximum absolute atomic E-state index is 9.48. The second-order valence-electron chi connectivity index (χ2n) is 7.13. The Balaban J connectivity index is 1.74. The average Bonchev–Trinajstić information content (AvgIpc) is 2.56. The van der Waals surface area contributed by atoms with Gasteiger partial charge in [0.25, 0.3) is 0 Å². The summed E-state index contributed by atoms with van der Waals surface area (Å²) in [5.41, 5.74) is 3.59. The molecule has 0 unspecified atom stereocenters. The fourth-order valence-electron chi connectivity index (χ4n) is 2.41. The molecule has 2 rings (SSSR count). The van der Waals surface area contributed by atoms with Crippen LogP contribution in [0.3, 0.4) is 0 Å². The van der Waals surface area contributed by atoms with Crippen LogP contribution in [-0.4, -0.2) is 21.9 Å². The van der Waals surface area contributed by atoms with Gasteiger partial charge in [0.05, 0.1) is 0 Å². The highest BCUT2D eigenvalue weighted by atomic mass is 32.1. The number of hydrogen-bond acceptors (Lipinski definition) is 3. The molecule has 4 nitrogen and oxygen atoms in total. The lowest BCUT2D eigenvalue weighted by molar-refractivity contribution is 0.403. The Kier molecular flexibility index (Phi) is 6.26. The lowest BCUT2D eigenvalue weighted by Crippen LogP contribution is -2.35. The molecule has 0 atom stereocenters. The summed E-state index contributed by atoms with van der Waals surface area (Å²) in [4.78, 5) is 0. The quantitative estimate of drug-likeness (QED) is 0.486. The van der Waals surface area contributed by atoms with Gasteiger partial charge in [0.15, 0.2) is 16.6 Å². The van der Waals surface area contributed by atoms with Crippen LogP contribution in [0.1, 0.15) is 37.5 Å². The van der Waals surface area contributed by atoms with E-state index >= 15 is 0 Å². The molecule has 2 aromatic carbocycles. The van der Waals surface area contributed by atoms with Gasteiger partial charge in [0.1, 0.15) is 0 Å². The van der Waals surface area contributed by atoms with Crippen LogP contribution in [0.15, 0.2) is 42.5 Å². The molecule has 5 heteroatoms. The van der Waals surface area contributed by atoms with E-state index in [1.807, 2.05) is 0 Å². The molecule has 134 valence electrons. The highest BCUT2D eigenvalue weighted by molar-refractivity contribution is 7.80. The summed E-state index contributed by atoms with van der Waals surface area (Å²) in [7, 11) is 0. The zero-order chi connectivity index (χ0) is 18.4. The molecule has 0 spiro atoms. The van der Waals surface area contributed by atoms with Gasteiger partial charge < -0.3 is 20.8 Å². The second-order valence-corrected chi connectivity index (χ2v) is 7.54. The third kappa shape index (κ3) is 5.94. The number of nitrogens with one attached hydrogen (secondary N) is 2. The molecule has 0 amide bonds. The zero-order valence-electron chi connectivity index (χ0n) is 15.0. The van der Waals surface area contributed by atoms with Crippen LogP contribution in [0.2, 0.25) is 0 Å². The molecule has 0 aliphatic heterocycles. The lowest BCUT2D eigenvalue weighted by atomic mass is 9.87. The summed E-state index contributed by atoms with van der Waals surface area (Å²) in [6.45, 7) is 7.93. The molecular weight excluding hydrogens is 332 g/mol. The van der Waals surface area contributed by atoms with Crippen LogP contribution in [0.5, 0.6) is 11.5 Å². The van der Waals surface area contributed by atoms with Crippen LogP contribution in [0.25, 0.3) is 0 Å². The van der Waals surface area contributed by atoms with Crippen molar-refractivity contribution >= 4 is 17.3 Å². The molecule has 0 radical (unpaired) electrons. The first kappa shape index (κ1) is 19.1. The Bertz CT molecular complexity index is 721. The van der Waals surface area contributed by atoms with Crippen LogP contribution in [-0.2, 0) is 18.4 Å². The minimum atomic E-state index is -0.105. The van der Waals surface area contributed by atoms with Crippen LogP contribution < -0.4 is 10.6 Å². The smallest absolute Gasteiger partial charge is 0.166 e. The van der Waals surface area contributed by atoms with Gasteiger partial charge >= 0.3 is 0 Å². The van der Waals surface area contributed by atoms with Crippen molar-refractivity contribution in [1.29, 1.82) is 0 Å². The number of thiocarbonyl (C=S) groups is 1. The van der Waals surface area contributed by atoms with Crippen LogP contribution in [0.4, 0.5) is 0 Å². The Morgan fingerprint density at radius 3 is 2.16 bits per heavy atom. The van der Waals surface area contributed by atoms with Crippen molar-refractivity contribution in [2.75, 3.05) is 6.54 Å². The van der Waals surface area contributed by atoms with Crippen molar-refractivity contribution in [2.24, 2.45) is 0 Å². The molecular formula is C20H26N2O2S. The molecule has 25 heavy (non-hydrogen) atoms. The first-order valence-corrected chi connectivity index (χ1v) is 8.78. The van der Waals surface area contributed by atoms with Crippen molar-refractivity contribution in [1.82, 2.24) is 10.6 Å². The predicted octanol–water partition coefficient (Wildman–Crippen LogP) is 3.60. The number of rotatable bonds is 5. The average molecular weight is 359 g/mol. The number of phenols is 2. The summed E-state index contributed by atoms with van der Waals surface area (Å²) in [6, 6.07) is 13.4. The largest absolute Gasteiger partial charge is 0.504 e. The van der Waals surface area contributed by atoms with Gasteiger partial charge in [0, 0.05) is 13.1 Å². The van der Waals surface area contributed by atoms with E-state index in [1.54, 1.807) is 12.1 Å². The third-order valence-electron chi connectivity index (χ3n) is 4.01. The fraction of sp³-hybridized carbons (Fsp3) is 0.350. The maximum Gasteiger partial charge on any atom is 0.166 e. The van der Waals surface area contributed by atoms with Crippen molar-refractivity contribution in [3.63, 3.8) is 0 Å². The number of benzene rings is 2. The van der Waals surface area contributed by atoms with E-state index in [1.165, 1.54) is 17.2 Å². The topological polar surface area (TPSA) is 64.5 Å². The lowest BCUT2D eigenvalue weighted by Gasteiger charge is -2.19. The van der Waals surface area contributed by atoms with Gasteiger partial charge in [-0.15, -0.1) is 0 Å². The SMILES string of the molecule is CC(C)(C)c1ccc(CNC(=S)NCCc2ccc(O)c(O)c2)cc1. The molecule has 4 N–H and O–H groups in total. The molecule has 0 aliphatic carbocycles. The van der Waals surface area contributed by atoms with E-state index in [0.717, 1.165) is 5.56 Å². The molecule has 0 heterocycles. The van der Waals surface area contributed by atoms with Gasteiger partial charge in [-0.3, -0.25) is 0 Å². The Morgan fingerprint density at radius 2 is 1.56 bits per heavy atom. The molecule has 0 saturated carbocycles. The molecule has 0 aromatic heterocycles. The summed E-state index contributed by atoms with van der Waals surface area (Å²) in [5.74, 6) is -0.205. The molecule has 0 saturated heterocycles. The fourth-order valence-corrected chi connectivity index (χ4v) is 2.59. The minimum Gasteiger partial charge on any atom is -0.504 e. The maximum atomic E-state index is 9.48. The zero-order valence-corrected chi connectivity index (χ0v) is 15.8. The van der Waals surface area contributed by atoms with Gasteiger partial charge in [-0.05, 0) is 52.9 Å². The van der Waals surface area contributed by atoms with Crippen molar-refractivity contribution in [3.8, 4) is 11.5 Å².